The Morgan fingerprint density at radius 1 is 1.43 bits per heavy atom. The Labute approximate surface area is 137 Å². The number of amides is 1. The molecule has 21 heavy (non-hydrogen) atoms. The first kappa shape index (κ1) is 18.4. The van der Waals surface area contributed by atoms with Gasteiger partial charge in [-0.1, -0.05) is 0 Å². The Bertz CT molecular complexity index is 619. The van der Waals surface area contributed by atoms with Crippen molar-refractivity contribution in [3.63, 3.8) is 0 Å². The minimum Gasteiger partial charge on any atom is -0.377 e. The van der Waals surface area contributed by atoms with Crippen molar-refractivity contribution in [3.8, 4) is 0 Å². The molecule has 0 unspecified atom stereocenters. The molecule has 0 aliphatic carbocycles. The Kier molecular flexibility index (Phi) is 6.65. The first-order valence-corrected chi connectivity index (χ1v) is 9.34. The lowest BCUT2D eigenvalue weighted by Gasteiger charge is -2.19. The highest BCUT2D eigenvalue weighted by atomic mass is 79.9. The van der Waals surface area contributed by atoms with Crippen LogP contribution in [0.3, 0.4) is 0 Å². The lowest BCUT2D eigenvalue weighted by molar-refractivity contribution is 0.0531. The lowest BCUT2D eigenvalue weighted by atomic mass is 10.2. The Morgan fingerprint density at radius 3 is 2.57 bits per heavy atom. The molecule has 1 aromatic carbocycles. The summed E-state index contributed by atoms with van der Waals surface area (Å²) >= 11 is 3.24. The summed E-state index contributed by atoms with van der Waals surface area (Å²) in [4.78, 5) is 13.7. The molecule has 0 saturated heterocycles. The fourth-order valence-corrected chi connectivity index (χ4v) is 2.75. The minimum absolute atomic E-state index is 0.0879. The van der Waals surface area contributed by atoms with Gasteiger partial charge in [-0.3, -0.25) is 4.79 Å². The van der Waals surface area contributed by atoms with Crippen LogP contribution in [-0.2, 0) is 13.8 Å². The molecule has 0 bridgehead atoms. The van der Waals surface area contributed by atoms with Crippen LogP contribution < -0.4 is 0 Å². The van der Waals surface area contributed by atoms with E-state index in [1.165, 1.54) is 23.1 Å². The van der Waals surface area contributed by atoms with Crippen LogP contribution in [0.5, 0.6) is 0 Å². The molecule has 1 amide bonds. The van der Waals surface area contributed by atoms with E-state index in [0.29, 0.717) is 17.6 Å². The van der Waals surface area contributed by atoms with Crippen molar-refractivity contribution in [3.05, 3.63) is 28.2 Å². The van der Waals surface area contributed by atoms with Crippen LogP contribution >= 0.6 is 26.6 Å². The topological polar surface area (TPSA) is 63.7 Å². The van der Waals surface area contributed by atoms with Crippen molar-refractivity contribution < 1.29 is 17.9 Å². The van der Waals surface area contributed by atoms with Gasteiger partial charge in [-0.25, -0.2) is 8.42 Å². The van der Waals surface area contributed by atoms with E-state index < -0.39 is 9.05 Å². The average Bonchev–Trinajstić information content (AvgIpc) is 2.36. The lowest BCUT2D eigenvalue weighted by Crippen LogP contribution is -2.31. The van der Waals surface area contributed by atoms with E-state index in [2.05, 4.69) is 15.9 Å². The molecule has 1 aromatic rings. The summed E-state index contributed by atoms with van der Waals surface area (Å²) in [5.74, 6) is -0.309. The normalized spacial score (nSPS) is 11.7. The standard InChI is InChI=1S/C13H17BrClNO4S/c1-9(2)20-7-6-16(3)13(17)11-8-10(21(15,18)19)4-5-12(11)14/h4-5,8-9H,6-7H2,1-3H3. The SMILES string of the molecule is CC(C)OCCN(C)C(=O)c1cc(S(=O)(=O)Cl)ccc1Br. The van der Waals surface area contributed by atoms with Crippen LogP contribution in [0.25, 0.3) is 0 Å². The highest BCUT2D eigenvalue weighted by Gasteiger charge is 2.19. The van der Waals surface area contributed by atoms with Gasteiger partial charge in [0.25, 0.3) is 15.0 Å². The number of rotatable bonds is 6. The summed E-state index contributed by atoms with van der Waals surface area (Å²) in [6, 6.07) is 4.08. The largest absolute Gasteiger partial charge is 0.377 e. The third-order valence-corrected chi connectivity index (χ3v) is 4.72. The van der Waals surface area contributed by atoms with Crippen molar-refractivity contribution in [1.82, 2.24) is 4.90 Å². The van der Waals surface area contributed by atoms with Gasteiger partial charge in [0.15, 0.2) is 0 Å². The summed E-state index contributed by atoms with van der Waals surface area (Å²) in [6.45, 7) is 4.63. The van der Waals surface area contributed by atoms with Crippen molar-refractivity contribution in [1.29, 1.82) is 0 Å². The molecule has 8 heteroatoms. The predicted octanol–water partition coefficient (Wildman–Crippen LogP) is 2.87. The predicted molar refractivity (Wildman–Crippen MR) is 85.2 cm³/mol. The third-order valence-electron chi connectivity index (χ3n) is 2.67. The van der Waals surface area contributed by atoms with Gasteiger partial charge in [0.1, 0.15) is 0 Å². The van der Waals surface area contributed by atoms with Gasteiger partial charge in [-0.15, -0.1) is 0 Å². The molecule has 0 fully saturated rings. The molecule has 0 aliphatic rings. The summed E-state index contributed by atoms with van der Waals surface area (Å²) < 4.78 is 28.6. The van der Waals surface area contributed by atoms with E-state index in [4.69, 9.17) is 15.4 Å². The van der Waals surface area contributed by atoms with Crippen LogP contribution in [0.1, 0.15) is 24.2 Å². The molecular weight excluding hydrogens is 382 g/mol. The van der Waals surface area contributed by atoms with Gasteiger partial charge >= 0.3 is 0 Å². The van der Waals surface area contributed by atoms with Crippen molar-refractivity contribution in [2.45, 2.75) is 24.8 Å². The number of ether oxygens (including phenoxy) is 1. The fourth-order valence-electron chi connectivity index (χ4n) is 1.55. The molecule has 0 radical (unpaired) electrons. The van der Waals surface area contributed by atoms with Gasteiger partial charge < -0.3 is 9.64 Å². The van der Waals surface area contributed by atoms with E-state index in [9.17, 15) is 13.2 Å². The molecule has 0 heterocycles. The van der Waals surface area contributed by atoms with E-state index in [0.717, 1.165) is 0 Å². The quantitative estimate of drug-likeness (QED) is 0.691. The molecular formula is C13H17BrClNO4S. The number of hydrogen-bond acceptors (Lipinski definition) is 4. The summed E-state index contributed by atoms with van der Waals surface area (Å²) in [5.41, 5.74) is 0.240. The Balaban J connectivity index is 2.91. The van der Waals surface area contributed by atoms with Crippen molar-refractivity contribution >= 4 is 41.6 Å². The van der Waals surface area contributed by atoms with Crippen LogP contribution in [0, 0.1) is 0 Å². The molecule has 118 valence electrons. The van der Waals surface area contributed by atoms with E-state index in [1.807, 2.05) is 13.8 Å². The third kappa shape index (κ3) is 5.58. The maximum atomic E-state index is 12.3. The number of halogens is 2. The second-order valence-corrected chi connectivity index (χ2v) is 8.15. The first-order valence-electron chi connectivity index (χ1n) is 6.24. The Hall–Kier alpha value is -0.630. The number of benzene rings is 1. The summed E-state index contributed by atoms with van der Waals surface area (Å²) in [5, 5.41) is 0. The molecule has 5 nitrogen and oxygen atoms in total. The summed E-state index contributed by atoms with van der Waals surface area (Å²) in [6.07, 6.45) is 0.0879. The number of likely N-dealkylation sites (N-methyl/N-ethyl adjacent to an activating group) is 1. The number of nitrogens with zero attached hydrogens (tertiary/aromatic N) is 1. The molecule has 1 rings (SSSR count). The van der Waals surface area contributed by atoms with Crippen LogP contribution in [-0.4, -0.2) is 45.5 Å². The van der Waals surface area contributed by atoms with Gasteiger partial charge in [-0.05, 0) is 48.0 Å². The monoisotopic (exact) mass is 397 g/mol. The average molecular weight is 399 g/mol. The second kappa shape index (κ2) is 7.58. The van der Waals surface area contributed by atoms with Gasteiger partial charge in [0.05, 0.1) is 23.2 Å². The number of carbonyl (C=O) groups excluding carboxylic acids is 1. The van der Waals surface area contributed by atoms with Crippen LogP contribution in [0.2, 0.25) is 0 Å². The van der Waals surface area contributed by atoms with E-state index in [-0.39, 0.29) is 22.5 Å². The van der Waals surface area contributed by atoms with Crippen molar-refractivity contribution in [2.24, 2.45) is 0 Å². The van der Waals surface area contributed by atoms with Gasteiger partial charge in [0.2, 0.25) is 0 Å². The highest BCUT2D eigenvalue weighted by molar-refractivity contribution is 9.10. The minimum atomic E-state index is -3.87. The molecule has 0 aromatic heterocycles. The molecule has 0 N–H and O–H groups in total. The molecule has 0 aliphatic heterocycles. The second-order valence-electron chi connectivity index (χ2n) is 4.73. The Morgan fingerprint density at radius 2 is 2.05 bits per heavy atom. The molecule has 0 atom stereocenters. The number of carbonyl (C=O) groups is 1. The highest BCUT2D eigenvalue weighted by Crippen LogP contribution is 2.24. The smallest absolute Gasteiger partial charge is 0.261 e. The zero-order valence-electron chi connectivity index (χ0n) is 12.0. The van der Waals surface area contributed by atoms with E-state index >= 15 is 0 Å². The first-order chi connectivity index (χ1) is 9.62. The number of hydrogen-bond donors (Lipinski definition) is 0. The molecule has 0 spiro atoms. The maximum absolute atomic E-state index is 12.3. The van der Waals surface area contributed by atoms with Crippen LogP contribution in [0.15, 0.2) is 27.6 Å². The zero-order chi connectivity index (χ0) is 16.2. The van der Waals surface area contributed by atoms with Crippen molar-refractivity contribution in [2.75, 3.05) is 20.2 Å². The van der Waals surface area contributed by atoms with Gasteiger partial charge in [0, 0.05) is 28.7 Å². The maximum Gasteiger partial charge on any atom is 0.261 e. The van der Waals surface area contributed by atoms with Gasteiger partial charge in [-0.2, -0.15) is 0 Å². The summed E-state index contributed by atoms with van der Waals surface area (Å²) in [7, 11) is 3.05. The zero-order valence-corrected chi connectivity index (χ0v) is 15.1. The fraction of sp³-hybridized carbons (Fsp3) is 0.462. The van der Waals surface area contributed by atoms with Crippen LogP contribution in [0.4, 0.5) is 0 Å². The molecule has 0 saturated carbocycles. The van der Waals surface area contributed by atoms with E-state index in [1.54, 1.807) is 7.05 Å².